The van der Waals surface area contributed by atoms with Crippen molar-refractivity contribution in [2.24, 2.45) is 0 Å². The number of piperidine rings is 1. The highest BCUT2D eigenvalue weighted by Gasteiger charge is 2.52. The van der Waals surface area contributed by atoms with E-state index < -0.39 is 17.2 Å². The molecular formula is C21H27N3O4. The molecule has 28 heavy (non-hydrogen) atoms. The van der Waals surface area contributed by atoms with Crippen molar-refractivity contribution < 1.29 is 19.1 Å². The molecule has 3 rings (SSSR count). The number of rotatable bonds is 3. The van der Waals surface area contributed by atoms with Crippen LogP contribution in [0.2, 0.25) is 0 Å². The van der Waals surface area contributed by atoms with E-state index >= 15 is 0 Å². The number of nitriles is 1. The van der Waals surface area contributed by atoms with Gasteiger partial charge in [0.05, 0.1) is 6.07 Å². The molecule has 1 N–H and O–H groups in total. The predicted octanol–water partition coefficient (Wildman–Crippen LogP) is 3.74. The molecule has 2 bridgehead atoms. The van der Waals surface area contributed by atoms with E-state index in [1.54, 1.807) is 25.7 Å². The molecule has 2 fully saturated rings. The molecular weight excluding hydrogens is 358 g/mol. The van der Waals surface area contributed by atoms with Crippen molar-refractivity contribution in [3.63, 3.8) is 0 Å². The quantitative estimate of drug-likeness (QED) is 0.856. The summed E-state index contributed by atoms with van der Waals surface area (Å²) in [6.45, 7) is 5.55. The molecule has 2 aliphatic rings. The fourth-order valence-electron chi connectivity index (χ4n) is 4.06. The van der Waals surface area contributed by atoms with Crippen LogP contribution in [-0.2, 0) is 16.1 Å². The molecule has 150 valence electrons. The molecule has 0 saturated carbocycles. The van der Waals surface area contributed by atoms with Gasteiger partial charge >= 0.3 is 12.2 Å². The second-order valence-corrected chi connectivity index (χ2v) is 8.56. The Morgan fingerprint density at radius 3 is 2.36 bits per heavy atom. The lowest BCUT2D eigenvalue weighted by atomic mass is 9.84. The molecule has 2 unspecified atom stereocenters. The monoisotopic (exact) mass is 385 g/mol. The Labute approximate surface area is 165 Å². The summed E-state index contributed by atoms with van der Waals surface area (Å²) in [6.07, 6.45) is 1.38. The van der Waals surface area contributed by atoms with Gasteiger partial charge in [0.15, 0.2) is 0 Å². The maximum absolute atomic E-state index is 12.7. The van der Waals surface area contributed by atoms with Gasteiger partial charge in [0.25, 0.3) is 0 Å². The highest BCUT2D eigenvalue weighted by Crippen LogP contribution is 2.41. The molecule has 0 aliphatic carbocycles. The van der Waals surface area contributed by atoms with Gasteiger partial charge in [-0.3, -0.25) is 0 Å². The van der Waals surface area contributed by atoms with E-state index in [9.17, 15) is 14.9 Å². The van der Waals surface area contributed by atoms with Crippen molar-refractivity contribution >= 4 is 12.2 Å². The molecule has 0 radical (unpaired) electrons. The Balaban J connectivity index is 1.63. The zero-order chi connectivity index (χ0) is 20.4. The maximum Gasteiger partial charge on any atom is 0.410 e. The minimum atomic E-state index is -1.02. The van der Waals surface area contributed by atoms with E-state index in [-0.39, 0.29) is 24.8 Å². The predicted molar refractivity (Wildman–Crippen MR) is 102 cm³/mol. The van der Waals surface area contributed by atoms with Crippen molar-refractivity contribution in [2.75, 3.05) is 0 Å². The van der Waals surface area contributed by atoms with Gasteiger partial charge in [0.1, 0.15) is 17.7 Å². The third kappa shape index (κ3) is 4.56. The first-order valence-corrected chi connectivity index (χ1v) is 9.63. The largest absolute Gasteiger partial charge is 0.445 e. The van der Waals surface area contributed by atoms with Gasteiger partial charge in [-0.1, -0.05) is 30.3 Å². The Morgan fingerprint density at radius 2 is 1.82 bits per heavy atom. The van der Waals surface area contributed by atoms with Crippen molar-refractivity contribution in [1.82, 2.24) is 10.2 Å². The van der Waals surface area contributed by atoms with Gasteiger partial charge in [-0.05, 0) is 39.2 Å². The van der Waals surface area contributed by atoms with Crippen molar-refractivity contribution in [3.05, 3.63) is 35.9 Å². The van der Waals surface area contributed by atoms with Gasteiger partial charge in [-0.25, -0.2) is 9.59 Å². The van der Waals surface area contributed by atoms with Gasteiger partial charge in [0, 0.05) is 24.9 Å². The average Bonchev–Trinajstić information content (AvgIpc) is 2.91. The van der Waals surface area contributed by atoms with Crippen LogP contribution in [0.3, 0.4) is 0 Å². The molecule has 1 aromatic rings. The SMILES string of the molecule is CC(C)(C)OC(=O)NC1(C#N)CC2CCC(C1)N2C(=O)OCc1ccccc1. The summed E-state index contributed by atoms with van der Waals surface area (Å²) in [4.78, 5) is 26.6. The molecule has 0 spiro atoms. The lowest BCUT2D eigenvalue weighted by Crippen LogP contribution is -2.60. The zero-order valence-electron chi connectivity index (χ0n) is 16.6. The summed E-state index contributed by atoms with van der Waals surface area (Å²) in [7, 11) is 0. The summed E-state index contributed by atoms with van der Waals surface area (Å²) in [5.74, 6) is 0. The van der Waals surface area contributed by atoms with Crippen molar-refractivity contribution in [1.29, 1.82) is 5.26 Å². The van der Waals surface area contributed by atoms with Crippen LogP contribution in [0.25, 0.3) is 0 Å². The lowest BCUT2D eigenvalue weighted by molar-refractivity contribution is 0.0319. The first kappa shape index (κ1) is 20.0. The molecule has 1 aromatic carbocycles. The van der Waals surface area contributed by atoms with Crippen LogP contribution in [0, 0.1) is 11.3 Å². The van der Waals surface area contributed by atoms with Crippen molar-refractivity contribution in [2.45, 2.75) is 76.3 Å². The minimum absolute atomic E-state index is 0.128. The number of carbonyl (C=O) groups is 2. The Hall–Kier alpha value is -2.75. The molecule has 2 amide bonds. The molecule has 0 aromatic heterocycles. The topological polar surface area (TPSA) is 91.7 Å². The minimum Gasteiger partial charge on any atom is -0.445 e. The number of benzene rings is 1. The Kier molecular flexibility index (Phi) is 5.50. The van der Waals surface area contributed by atoms with Gasteiger partial charge in [-0.2, -0.15) is 5.26 Å². The van der Waals surface area contributed by atoms with Gasteiger partial charge in [0.2, 0.25) is 0 Å². The normalized spacial score (nSPS) is 26.3. The summed E-state index contributed by atoms with van der Waals surface area (Å²) in [6, 6.07) is 11.5. The second-order valence-electron chi connectivity index (χ2n) is 8.56. The van der Waals surface area contributed by atoms with Crippen LogP contribution >= 0.6 is 0 Å². The van der Waals surface area contributed by atoms with E-state index in [0.717, 1.165) is 18.4 Å². The van der Waals surface area contributed by atoms with E-state index in [1.807, 2.05) is 30.3 Å². The smallest absolute Gasteiger partial charge is 0.410 e. The number of hydrogen-bond acceptors (Lipinski definition) is 5. The van der Waals surface area contributed by atoms with Crippen LogP contribution in [0.5, 0.6) is 0 Å². The molecule has 7 heteroatoms. The number of amides is 2. The average molecular weight is 385 g/mol. The lowest BCUT2D eigenvalue weighted by Gasteiger charge is -2.42. The van der Waals surface area contributed by atoms with Crippen LogP contribution in [-0.4, -0.2) is 40.3 Å². The number of carbonyl (C=O) groups excluding carboxylic acids is 2. The zero-order valence-corrected chi connectivity index (χ0v) is 16.6. The van der Waals surface area contributed by atoms with E-state index in [1.165, 1.54) is 0 Å². The Morgan fingerprint density at radius 1 is 1.21 bits per heavy atom. The summed E-state index contributed by atoms with van der Waals surface area (Å²) in [5, 5.41) is 12.5. The summed E-state index contributed by atoms with van der Waals surface area (Å²) < 4.78 is 10.8. The number of nitrogens with zero attached hydrogens (tertiary/aromatic N) is 2. The van der Waals surface area contributed by atoms with E-state index in [4.69, 9.17) is 9.47 Å². The fourth-order valence-corrected chi connectivity index (χ4v) is 4.06. The van der Waals surface area contributed by atoms with Crippen LogP contribution < -0.4 is 5.32 Å². The number of fused-ring (bicyclic) bond motifs is 2. The first-order valence-electron chi connectivity index (χ1n) is 9.63. The van der Waals surface area contributed by atoms with Gasteiger partial charge < -0.3 is 19.7 Å². The molecule has 2 saturated heterocycles. The molecule has 7 nitrogen and oxygen atoms in total. The van der Waals surface area contributed by atoms with Gasteiger partial charge in [-0.15, -0.1) is 0 Å². The first-order chi connectivity index (χ1) is 13.2. The highest BCUT2D eigenvalue weighted by molar-refractivity contribution is 5.71. The standard InChI is InChI=1S/C21H27N3O4/c1-20(2,3)28-18(25)23-21(14-22)11-16-9-10-17(12-21)24(16)19(26)27-13-15-7-5-4-6-8-15/h4-8,16-17H,9-13H2,1-3H3,(H,23,25). The molecule has 2 atom stereocenters. The number of alkyl carbamates (subject to hydrolysis) is 1. The molecule has 2 heterocycles. The third-order valence-corrected chi connectivity index (χ3v) is 5.16. The fraction of sp³-hybridized carbons (Fsp3) is 0.571. The number of ether oxygens (including phenoxy) is 2. The second kappa shape index (κ2) is 7.70. The Bertz CT molecular complexity index is 752. The summed E-state index contributed by atoms with van der Waals surface area (Å²) >= 11 is 0. The van der Waals surface area contributed by atoms with E-state index in [2.05, 4.69) is 11.4 Å². The summed E-state index contributed by atoms with van der Waals surface area (Å²) in [5.41, 5.74) is -0.732. The van der Waals surface area contributed by atoms with Crippen LogP contribution in [0.1, 0.15) is 52.0 Å². The highest BCUT2D eigenvalue weighted by atomic mass is 16.6. The van der Waals surface area contributed by atoms with Crippen LogP contribution in [0.15, 0.2) is 30.3 Å². The van der Waals surface area contributed by atoms with Crippen molar-refractivity contribution in [3.8, 4) is 6.07 Å². The maximum atomic E-state index is 12.7. The third-order valence-electron chi connectivity index (χ3n) is 5.16. The van der Waals surface area contributed by atoms with Crippen LogP contribution in [0.4, 0.5) is 9.59 Å². The van der Waals surface area contributed by atoms with E-state index in [0.29, 0.717) is 12.8 Å². The number of nitrogens with one attached hydrogen (secondary N) is 1. The molecule has 2 aliphatic heterocycles. The number of hydrogen-bond donors (Lipinski definition) is 1.